The summed E-state index contributed by atoms with van der Waals surface area (Å²) < 4.78 is 15.1. The van der Waals surface area contributed by atoms with Gasteiger partial charge in [0.15, 0.2) is 5.60 Å². The lowest BCUT2D eigenvalue weighted by atomic mass is 9.92. The molecule has 1 aromatic heterocycles. The van der Waals surface area contributed by atoms with Crippen LogP contribution in [-0.4, -0.2) is 31.9 Å². The van der Waals surface area contributed by atoms with E-state index in [1.165, 1.54) is 26.4 Å². The quantitative estimate of drug-likeness (QED) is 0.845. The number of aliphatic hydroxyl groups is 1. The summed E-state index contributed by atoms with van der Waals surface area (Å²) in [5.74, 6) is -0.331. The first kappa shape index (κ1) is 14.3. The number of hydrogen-bond acceptors (Lipinski definition) is 5. The number of methoxy groups -OCH3 is 2. The van der Waals surface area contributed by atoms with E-state index in [2.05, 4.69) is 4.74 Å². The zero-order valence-electron chi connectivity index (χ0n) is 11.3. The molecule has 0 aliphatic carbocycles. The maximum atomic E-state index is 11.4. The van der Waals surface area contributed by atoms with Gasteiger partial charge in [0.05, 0.1) is 13.7 Å². The summed E-state index contributed by atoms with van der Waals surface area (Å²) in [4.78, 5) is 11.4. The average Bonchev–Trinajstić information content (AvgIpc) is 2.98. The molecule has 1 heterocycles. The molecule has 0 fully saturated rings. The van der Waals surface area contributed by atoms with Crippen molar-refractivity contribution in [2.75, 3.05) is 20.8 Å². The minimum absolute atomic E-state index is 0.00510. The number of ether oxygens (including phenoxy) is 2. The third kappa shape index (κ3) is 2.59. The van der Waals surface area contributed by atoms with Crippen LogP contribution in [0.15, 0.2) is 46.9 Å². The van der Waals surface area contributed by atoms with E-state index in [-0.39, 0.29) is 18.1 Å². The molecular formula is C15H16O5. The number of hydrogen-bond donors (Lipinski definition) is 1. The Balaban J connectivity index is 2.43. The van der Waals surface area contributed by atoms with Gasteiger partial charge in [-0.25, -0.2) is 4.79 Å². The lowest BCUT2D eigenvalue weighted by Gasteiger charge is -2.25. The van der Waals surface area contributed by atoms with Crippen LogP contribution in [0.4, 0.5) is 0 Å². The predicted octanol–water partition coefficient (Wildman–Crippen LogP) is 1.95. The maximum absolute atomic E-state index is 11.4. The van der Waals surface area contributed by atoms with Crippen LogP contribution < -0.4 is 0 Å². The molecule has 0 aliphatic rings. The van der Waals surface area contributed by atoms with Gasteiger partial charge in [0.2, 0.25) is 5.76 Å². The number of carbonyl (C=O) groups excluding carboxylic acids is 1. The van der Waals surface area contributed by atoms with E-state index >= 15 is 0 Å². The highest BCUT2D eigenvalue weighted by atomic mass is 16.5. The van der Waals surface area contributed by atoms with Gasteiger partial charge >= 0.3 is 5.97 Å². The fourth-order valence-electron chi connectivity index (χ4n) is 1.99. The summed E-state index contributed by atoms with van der Waals surface area (Å²) in [5, 5.41) is 10.9. The minimum atomic E-state index is -1.46. The minimum Gasteiger partial charge on any atom is -0.463 e. The molecule has 106 valence electrons. The monoisotopic (exact) mass is 276 g/mol. The van der Waals surface area contributed by atoms with Gasteiger partial charge in [-0.15, -0.1) is 0 Å². The molecule has 0 saturated heterocycles. The lowest BCUT2D eigenvalue weighted by molar-refractivity contribution is -0.0192. The zero-order chi connectivity index (χ0) is 14.6. The molecule has 2 rings (SSSR count). The summed E-state index contributed by atoms with van der Waals surface area (Å²) in [5.41, 5.74) is -0.838. The molecule has 20 heavy (non-hydrogen) atoms. The second kappa shape index (κ2) is 5.90. The van der Waals surface area contributed by atoms with Crippen molar-refractivity contribution in [1.82, 2.24) is 0 Å². The Labute approximate surface area is 116 Å². The number of benzene rings is 1. The molecule has 2 aromatic rings. The van der Waals surface area contributed by atoms with Crippen molar-refractivity contribution in [2.45, 2.75) is 5.60 Å². The third-order valence-electron chi connectivity index (χ3n) is 3.00. The Morgan fingerprint density at radius 3 is 2.50 bits per heavy atom. The highest BCUT2D eigenvalue weighted by molar-refractivity contribution is 5.86. The molecule has 0 amide bonds. The van der Waals surface area contributed by atoms with Gasteiger partial charge in [0.1, 0.15) is 5.76 Å². The number of carbonyl (C=O) groups is 1. The van der Waals surface area contributed by atoms with Crippen molar-refractivity contribution < 1.29 is 23.8 Å². The Bertz CT molecular complexity index is 575. The van der Waals surface area contributed by atoms with E-state index in [1.807, 2.05) is 6.07 Å². The molecule has 1 N–H and O–H groups in total. The summed E-state index contributed by atoms with van der Waals surface area (Å²) in [7, 11) is 2.75. The van der Waals surface area contributed by atoms with Crippen LogP contribution >= 0.6 is 0 Å². The first-order chi connectivity index (χ1) is 9.61. The van der Waals surface area contributed by atoms with Crippen LogP contribution in [0, 0.1) is 0 Å². The van der Waals surface area contributed by atoms with Gasteiger partial charge in [0.25, 0.3) is 0 Å². The van der Waals surface area contributed by atoms with Gasteiger partial charge in [-0.05, 0) is 17.7 Å². The van der Waals surface area contributed by atoms with Crippen molar-refractivity contribution in [1.29, 1.82) is 0 Å². The van der Waals surface area contributed by atoms with E-state index in [4.69, 9.17) is 9.15 Å². The maximum Gasteiger partial charge on any atom is 0.373 e. The van der Waals surface area contributed by atoms with Crippen LogP contribution in [0.1, 0.15) is 21.9 Å². The van der Waals surface area contributed by atoms with Crippen molar-refractivity contribution in [3.8, 4) is 0 Å². The highest BCUT2D eigenvalue weighted by Gasteiger charge is 2.35. The van der Waals surface area contributed by atoms with Crippen molar-refractivity contribution in [2.24, 2.45) is 0 Å². The van der Waals surface area contributed by atoms with Crippen LogP contribution in [-0.2, 0) is 15.1 Å². The van der Waals surface area contributed by atoms with Crippen LogP contribution in [0.25, 0.3) is 0 Å². The second-order valence-electron chi connectivity index (χ2n) is 4.31. The second-order valence-corrected chi connectivity index (χ2v) is 4.31. The molecule has 0 spiro atoms. The van der Waals surface area contributed by atoms with Gasteiger partial charge in [-0.3, -0.25) is 0 Å². The van der Waals surface area contributed by atoms with Gasteiger partial charge in [-0.1, -0.05) is 30.3 Å². The molecule has 1 atom stereocenters. The third-order valence-corrected chi connectivity index (χ3v) is 3.00. The number of rotatable bonds is 5. The van der Waals surface area contributed by atoms with Crippen molar-refractivity contribution >= 4 is 5.97 Å². The van der Waals surface area contributed by atoms with Crippen LogP contribution in [0.5, 0.6) is 0 Å². The summed E-state index contributed by atoms with van der Waals surface area (Å²) in [6.45, 7) is 0.00510. The molecule has 0 bridgehead atoms. The Morgan fingerprint density at radius 2 is 1.90 bits per heavy atom. The first-order valence-electron chi connectivity index (χ1n) is 6.07. The van der Waals surface area contributed by atoms with E-state index in [1.54, 1.807) is 24.3 Å². The first-order valence-corrected chi connectivity index (χ1v) is 6.07. The highest BCUT2D eigenvalue weighted by Crippen LogP contribution is 2.31. The molecule has 5 nitrogen and oxygen atoms in total. The van der Waals surface area contributed by atoms with Crippen molar-refractivity contribution in [3.05, 3.63) is 59.5 Å². The Hall–Kier alpha value is -2.11. The fourth-order valence-corrected chi connectivity index (χ4v) is 1.99. The largest absolute Gasteiger partial charge is 0.463 e. The van der Waals surface area contributed by atoms with E-state index in [0.29, 0.717) is 5.56 Å². The van der Waals surface area contributed by atoms with Gasteiger partial charge < -0.3 is 19.0 Å². The summed E-state index contributed by atoms with van der Waals surface area (Å²) >= 11 is 0. The van der Waals surface area contributed by atoms with Gasteiger partial charge in [0, 0.05) is 7.11 Å². The summed E-state index contributed by atoms with van der Waals surface area (Å²) in [6, 6.07) is 12.0. The van der Waals surface area contributed by atoms with E-state index in [9.17, 15) is 9.90 Å². The summed E-state index contributed by atoms with van der Waals surface area (Å²) in [6.07, 6.45) is 0. The topological polar surface area (TPSA) is 68.9 Å². The molecule has 0 radical (unpaired) electrons. The van der Waals surface area contributed by atoms with Crippen LogP contribution in [0.2, 0.25) is 0 Å². The average molecular weight is 276 g/mol. The smallest absolute Gasteiger partial charge is 0.373 e. The zero-order valence-corrected chi connectivity index (χ0v) is 11.3. The standard InChI is InChI=1S/C15H16O5/c1-18-10-15(17,11-6-4-3-5-7-11)13-9-8-12(20-13)14(16)19-2/h3-9,17H,10H2,1-2H3. The lowest BCUT2D eigenvalue weighted by Crippen LogP contribution is -2.32. The van der Waals surface area contributed by atoms with E-state index in [0.717, 1.165) is 0 Å². The predicted molar refractivity (Wildman–Crippen MR) is 71.4 cm³/mol. The molecule has 0 saturated carbocycles. The SMILES string of the molecule is COCC(O)(c1ccccc1)c1ccc(C(=O)OC)o1. The molecule has 5 heteroatoms. The Morgan fingerprint density at radius 1 is 1.20 bits per heavy atom. The van der Waals surface area contributed by atoms with E-state index < -0.39 is 11.6 Å². The molecule has 1 unspecified atom stereocenters. The molecule has 1 aromatic carbocycles. The fraction of sp³-hybridized carbons (Fsp3) is 0.267. The Kier molecular flexibility index (Phi) is 4.22. The van der Waals surface area contributed by atoms with Crippen molar-refractivity contribution in [3.63, 3.8) is 0 Å². The number of esters is 1. The molecule has 0 aliphatic heterocycles. The van der Waals surface area contributed by atoms with Gasteiger partial charge in [-0.2, -0.15) is 0 Å². The number of furan rings is 1. The normalized spacial score (nSPS) is 13.8. The molecular weight excluding hydrogens is 260 g/mol. The van der Waals surface area contributed by atoms with Crippen LogP contribution in [0.3, 0.4) is 0 Å².